The lowest BCUT2D eigenvalue weighted by Crippen LogP contribution is -2.25. The van der Waals surface area contributed by atoms with E-state index in [4.69, 9.17) is 0 Å². The van der Waals surface area contributed by atoms with Crippen molar-refractivity contribution in [3.63, 3.8) is 0 Å². The van der Waals surface area contributed by atoms with E-state index in [2.05, 4.69) is 16.0 Å². The fourth-order valence-corrected chi connectivity index (χ4v) is 6.06. The number of nitrogens with one attached hydrogen (secondary N) is 3. The number of hydrogen-bond acceptors (Lipinski definition) is 5. The molecule has 0 atom stereocenters. The third-order valence-electron chi connectivity index (χ3n) is 5.50. The Morgan fingerprint density at radius 1 is 0.941 bits per heavy atom. The Hall–Kier alpha value is -3.10. The van der Waals surface area contributed by atoms with Crippen molar-refractivity contribution in [2.45, 2.75) is 44.0 Å². The Morgan fingerprint density at radius 2 is 1.68 bits per heavy atom. The monoisotopic (exact) mass is 493 g/mol. The number of amides is 3. The smallest absolute Gasteiger partial charge is 0.254 e. The Balaban J connectivity index is 1.46. The van der Waals surface area contributed by atoms with Gasteiger partial charge in [0.1, 0.15) is 5.00 Å². The number of benzene rings is 2. The first-order chi connectivity index (χ1) is 16.5. The average molecular weight is 494 g/mol. The highest BCUT2D eigenvalue weighted by Crippen LogP contribution is 2.38. The van der Waals surface area contributed by atoms with Crippen molar-refractivity contribution in [3.05, 3.63) is 76.2 Å². The quantitative estimate of drug-likeness (QED) is 0.374. The molecule has 3 N–H and O–H groups in total. The van der Waals surface area contributed by atoms with Crippen LogP contribution in [0.2, 0.25) is 0 Å². The first-order valence-electron chi connectivity index (χ1n) is 11.3. The molecule has 1 aromatic heterocycles. The van der Waals surface area contributed by atoms with Crippen LogP contribution in [-0.4, -0.2) is 23.5 Å². The van der Waals surface area contributed by atoms with Crippen LogP contribution in [0.1, 0.15) is 46.1 Å². The molecule has 0 saturated carbocycles. The molecule has 176 valence electrons. The van der Waals surface area contributed by atoms with Gasteiger partial charge in [0.05, 0.1) is 17.0 Å². The van der Waals surface area contributed by atoms with Crippen LogP contribution in [0.5, 0.6) is 0 Å². The maximum atomic E-state index is 13.2. The highest BCUT2D eigenvalue weighted by molar-refractivity contribution is 8.00. The van der Waals surface area contributed by atoms with E-state index in [-0.39, 0.29) is 23.5 Å². The van der Waals surface area contributed by atoms with Gasteiger partial charge in [0.2, 0.25) is 11.8 Å². The first-order valence-corrected chi connectivity index (χ1v) is 13.1. The van der Waals surface area contributed by atoms with Crippen LogP contribution in [0, 0.1) is 0 Å². The van der Waals surface area contributed by atoms with Crippen LogP contribution in [0.15, 0.2) is 59.5 Å². The number of fused-ring (bicyclic) bond motifs is 1. The van der Waals surface area contributed by atoms with Crippen LogP contribution in [0.25, 0.3) is 0 Å². The SMILES string of the molecule is CC(=O)Nc1ccccc1SCC(=O)Nc1sc2c(c1C(=O)NCc1ccccc1)CCCC2. The number of carbonyl (C=O) groups excluding carboxylic acids is 3. The summed E-state index contributed by atoms with van der Waals surface area (Å²) >= 11 is 2.86. The molecule has 3 aromatic rings. The molecule has 0 radical (unpaired) electrons. The highest BCUT2D eigenvalue weighted by atomic mass is 32.2. The number of anilines is 2. The van der Waals surface area contributed by atoms with Gasteiger partial charge < -0.3 is 16.0 Å². The van der Waals surface area contributed by atoms with Gasteiger partial charge >= 0.3 is 0 Å². The number of para-hydroxylation sites is 1. The zero-order chi connectivity index (χ0) is 23.9. The molecule has 3 amide bonds. The third kappa shape index (κ3) is 6.07. The molecule has 0 aliphatic heterocycles. The summed E-state index contributed by atoms with van der Waals surface area (Å²) in [7, 11) is 0. The van der Waals surface area contributed by atoms with E-state index in [1.807, 2.05) is 54.6 Å². The van der Waals surface area contributed by atoms with Crippen LogP contribution in [0.4, 0.5) is 10.7 Å². The Morgan fingerprint density at radius 3 is 2.47 bits per heavy atom. The molecule has 2 aromatic carbocycles. The minimum atomic E-state index is -0.182. The minimum absolute atomic E-state index is 0.151. The van der Waals surface area contributed by atoms with Gasteiger partial charge in [-0.1, -0.05) is 42.5 Å². The standard InChI is InChI=1S/C26H27N3O3S2/c1-17(30)28-20-12-6-8-14-22(20)33-16-23(31)29-26-24(19-11-5-7-13-21(19)34-26)25(32)27-15-18-9-3-2-4-10-18/h2-4,6,8-10,12,14H,5,7,11,13,15-16H2,1H3,(H,27,32)(H,28,30)(H,29,31). The summed E-state index contributed by atoms with van der Waals surface area (Å²) in [5.41, 5.74) is 3.38. The third-order valence-corrected chi connectivity index (χ3v) is 7.78. The Labute approximate surface area is 207 Å². The number of thiophene rings is 1. The van der Waals surface area contributed by atoms with E-state index in [0.717, 1.165) is 41.7 Å². The van der Waals surface area contributed by atoms with Crippen LogP contribution < -0.4 is 16.0 Å². The first kappa shape index (κ1) is 24.0. The van der Waals surface area contributed by atoms with Crippen molar-refractivity contribution in [2.75, 3.05) is 16.4 Å². The lowest BCUT2D eigenvalue weighted by atomic mass is 9.95. The number of hydrogen-bond donors (Lipinski definition) is 3. The van der Waals surface area contributed by atoms with Gasteiger partial charge in [-0.2, -0.15) is 0 Å². The molecular formula is C26H27N3O3S2. The summed E-state index contributed by atoms with van der Waals surface area (Å²) in [5.74, 6) is -0.321. The molecule has 0 fully saturated rings. The van der Waals surface area contributed by atoms with Gasteiger partial charge in [-0.3, -0.25) is 14.4 Å². The molecule has 1 aliphatic carbocycles. The van der Waals surface area contributed by atoms with Crippen molar-refractivity contribution < 1.29 is 14.4 Å². The van der Waals surface area contributed by atoms with Crippen LogP contribution >= 0.6 is 23.1 Å². The van der Waals surface area contributed by atoms with Gasteiger partial charge in [0.15, 0.2) is 0 Å². The van der Waals surface area contributed by atoms with Gasteiger partial charge in [0, 0.05) is 23.2 Å². The largest absolute Gasteiger partial charge is 0.348 e. The van der Waals surface area contributed by atoms with E-state index in [0.29, 0.717) is 22.8 Å². The predicted octanol–water partition coefficient (Wildman–Crippen LogP) is 5.25. The molecule has 0 unspecified atom stereocenters. The normalized spacial score (nSPS) is 12.5. The van der Waals surface area contributed by atoms with E-state index in [1.165, 1.54) is 34.9 Å². The molecular weight excluding hydrogens is 466 g/mol. The lowest BCUT2D eigenvalue weighted by molar-refractivity contribution is -0.114. The van der Waals surface area contributed by atoms with Gasteiger partial charge in [-0.05, 0) is 48.9 Å². The second-order valence-electron chi connectivity index (χ2n) is 8.10. The van der Waals surface area contributed by atoms with E-state index in [9.17, 15) is 14.4 Å². The molecule has 0 bridgehead atoms. The van der Waals surface area contributed by atoms with E-state index >= 15 is 0 Å². The van der Waals surface area contributed by atoms with Crippen molar-refractivity contribution in [3.8, 4) is 0 Å². The van der Waals surface area contributed by atoms with Crippen molar-refractivity contribution in [1.29, 1.82) is 0 Å². The lowest BCUT2D eigenvalue weighted by Gasteiger charge is -2.13. The Kier molecular flexibility index (Phi) is 8.03. The topological polar surface area (TPSA) is 87.3 Å². The fraction of sp³-hybridized carbons (Fsp3) is 0.269. The molecule has 0 spiro atoms. The van der Waals surface area contributed by atoms with Crippen LogP contribution in [-0.2, 0) is 29.0 Å². The van der Waals surface area contributed by atoms with E-state index in [1.54, 1.807) is 0 Å². The maximum Gasteiger partial charge on any atom is 0.254 e. The van der Waals surface area contributed by atoms with Gasteiger partial charge in [-0.15, -0.1) is 23.1 Å². The number of aryl methyl sites for hydroxylation is 1. The van der Waals surface area contributed by atoms with Crippen molar-refractivity contribution in [1.82, 2.24) is 5.32 Å². The molecule has 1 aliphatic rings. The second kappa shape index (κ2) is 11.4. The highest BCUT2D eigenvalue weighted by Gasteiger charge is 2.26. The number of rotatable bonds is 8. The second-order valence-corrected chi connectivity index (χ2v) is 10.2. The molecule has 34 heavy (non-hydrogen) atoms. The van der Waals surface area contributed by atoms with Crippen molar-refractivity contribution in [2.24, 2.45) is 0 Å². The average Bonchev–Trinajstić information content (AvgIpc) is 3.20. The molecule has 4 rings (SSSR count). The summed E-state index contributed by atoms with van der Waals surface area (Å²) in [5, 5.41) is 9.42. The summed E-state index contributed by atoms with van der Waals surface area (Å²) in [6.45, 7) is 1.89. The van der Waals surface area contributed by atoms with E-state index < -0.39 is 0 Å². The molecule has 1 heterocycles. The van der Waals surface area contributed by atoms with Crippen molar-refractivity contribution >= 4 is 51.5 Å². The number of thioether (sulfide) groups is 1. The van der Waals surface area contributed by atoms with Gasteiger partial charge in [0.25, 0.3) is 5.91 Å². The number of carbonyl (C=O) groups is 3. The summed E-state index contributed by atoms with van der Waals surface area (Å²) in [6, 6.07) is 17.2. The zero-order valence-electron chi connectivity index (χ0n) is 19.0. The molecule has 8 heteroatoms. The summed E-state index contributed by atoms with van der Waals surface area (Å²) < 4.78 is 0. The molecule has 0 saturated heterocycles. The Bertz CT molecular complexity index is 1190. The summed E-state index contributed by atoms with van der Waals surface area (Å²) in [4.78, 5) is 39.5. The maximum absolute atomic E-state index is 13.2. The minimum Gasteiger partial charge on any atom is -0.348 e. The zero-order valence-corrected chi connectivity index (χ0v) is 20.6. The predicted molar refractivity (Wildman–Crippen MR) is 139 cm³/mol. The fourth-order valence-electron chi connectivity index (χ4n) is 3.95. The molecule has 6 nitrogen and oxygen atoms in total. The van der Waals surface area contributed by atoms with Gasteiger partial charge in [-0.25, -0.2) is 0 Å². The van der Waals surface area contributed by atoms with Crippen LogP contribution in [0.3, 0.4) is 0 Å². The summed E-state index contributed by atoms with van der Waals surface area (Å²) in [6.07, 6.45) is 3.94.